The number of amides is 1. The Kier molecular flexibility index (Phi) is 5.72. The van der Waals surface area contributed by atoms with Gasteiger partial charge < -0.3 is 9.84 Å². The van der Waals surface area contributed by atoms with Gasteiger partial charge in [-0.15, -0.1) is 0 Å². The summed E-state index contributed by atoms with van der Waals surface area (Å²) in [5, 5.41) is 17.3. The van der Waals surface area contributed by atoms with Crippen LogP contribution in [0, 0.1) is 10.1 Å². The summed E-state index contributed by atoms with van der Waals surface area (Å²) in [5.41, 5.74) is 1.30. The molecule has 1 heterocycles. The zero-order valence-corrected chi connectivity index (χ0v) is 15.4. The molecule has 1 aromatic heterocycles. The molecule has 1 amide bonds. The molecule has 0 unspecified atom stereocenters. The van der Waals surface area contributed by atoms with E-state index in [1.165, 1.54) is 24.3 Å². The molecule has 0 bridgehead atoms. The Bertz CT molecular complexity index is 1020. The number of hydrogen-bond donors (Lipinski definition) is 1. The zero-order valence-electron chi connectivity index (χ0n) is 13.8. The number of nitro groups is 1. The molecule has 136 valence electrons. The molecular weight excluding hydrogens is 416 g/mol. The van der Waals surface area contributed by atoms with Crippen molar-refractivity contribution >= 4 is 33.6 Å². The Morgan fingerprint density at radius 1 is 1.26 bits per heavy atom. The summed E-state index contributed by atoms with van der Waals surface area (Å²) in [4.78, 5) is 26.4. The van der Waals surface area contributed by atoms with E-state index in [-0.39, 0.29) is 24.0 Å². The highest BCUT2D eigenvalue weighted by Crippen LogP contribution is 2.20. The van der Waals surface area contributed by atoms with Crippen LogP contribution in [0.2, 0.25) is 0 Å². The minimum atomic E-state index is -0.490. The van der Waals surface area contributed by atoms with Gasteiger partial charge in [-0.1, -0.05) is 45.4 Å². The number of non-ortho nitro benzene ring substituents is 1. The van der Waals surface area contributed by atoms with Crippen LogP contribution in [0.25, 0.3) is 17.5 Å². The lowest BCUT2D eigenvalue weighted by Crippen LogP contribution is -2.20. The standard InChI is InChI=1S/C18H13BrN4O4/c19-14-5-2-4-13(10-14)18-21-17(27-22-18)11-20-16(24)8-7-12-3-1-6-15(9-12)23(25)26/h1-10H,11H2,(H,20,24)/b8-7+. The lowest BCUT2D eigenvalue weighted by Gasteiger charge is -1.97. The van der Waals surface area contributed by atoms with Crippen LogP contribution >= 0.6 is 15.9 Å². The summed E-state index contributed by atoms with van der Waals surface area (Å²) in [6.45, 7) is 0.0686. The molecule has 8 nitrogen and oxygen atoms in total. The Hall–Kier alpha value is -3.33. The van der Waals surface area contributed by atoms with Crippen LogP contribution in [0.1, 0.15) is 11.5 Å². The summed E-state index contributed by atoms with van der Waals surface area (Å²) in [6, 6.07) is 13.4. The second-order valence-corrected chi connectivity index (χ2v) is 6.34. The lowest BCUT2D eigenvalue weighted by molar-refractivity contribution is -0.384. The fourth-order valence-corrected chi connectivity index (χ4v) is 2.61. The Morgan fingerprint density at radius 3 is 2.85 bits per heavy atom. The first-order valence-electron chi connectivity index (χ1n) is 7.80. The molecule has 3 rings (SSSR count). The summed E-state index contributed by atoms with van der Waals surface area (Å²) in [5.74, 6) is 0.304. The average Bonchev–Trinajstić information content (AvgIpc) is 3.14. The first-order chi connectivity index (χ1) is 13.0. The Balaban J connectivity index is 1.58. The number of nitrogens with one attached hydrogen (secondary N) is 1. The quantitative estimate of drug-likeness (QED) is 0.363. The van der Waals surface area contributed by atoms with Crippen molar-refractivity contribution in [2.45, 2.75) is 6.54 Å². The number of aromatic nitrogens is 2. The van der Waals surface area contributed by atoms with Crippen LogP contribution in [0.3, 0.4) is 0 Å². The minimum Gasteiger partial charge on any atom is -0.343 e. The van der Waals surface area contributed by atoms with Crippen molar-refractivity contribution in [3.05, 3.63) is 80.6 Å². The van der Waals surface area contributed by atoms with Crippen LogP contribution in [-0.4, -0.2) is 21.0 Å². The third-order valence-electron chi connectivity index (χ3n) is 3.47. The van der Waals surface area contributed by atoms with Crippen molar-refractivity contribution in [3.63, 3.8) is 0 Å². The van der Waals surface area contributed by atoms with Crippen LogP contribution in [0.4, 0.5) is 5.69 Å². The van der Waals surface area contributed by atoms with Gasteiger partial charge in [0.05, 0.1) is 11.5 Å². The molecule has 27 heavy (non-hydrogen) atoms. The van der Waals surface area contributed by atoms with E-state index in [2.05, 4.69) is 31.4 Å². The smallest absolute Gasteiger partial charge is 0.270 e. The minimum absolute atomic E-state index is 0.0384. The van der Waals surface area contributed by atoms with Gasteiger partial charge in [-0.3, -0.25) is 14.9 Å². The van der Waals surface area contributed by atoms with Gasteiger partial charge >= 0.3 is 0 Å². The molecule has 0 fully saturated rings. The van der Waals surface area contributed by atoms with Gasteiger partial charge in [0, 0.05) is 28.2 Å². The van der Waals surface area contributed by atoms with E-state index in [1.807, 2.05) is 24.3 Å². The highest BCUT2D eigenvalue weighted by Gasteiger charge is 2.09. The molecule has 2 aromatic carbocycles. The summed E-state index contributed by atoms with van der Waals surface area (Å²) < 4.78 is 6.02. The van der Waals surface area contributed by atoms with Gasteiger partial charge in [0.25, 0.3) is 5.69 Å². The summed E-state index contributed by atoms with van der Waals surface area (Å²) in [7, 11) is 0. The number of hydrogen-bond acceptors (Lipinski definition) is 6. The number of benzene rings is 2. The number of halogens is 1. The third-order valence-corrected chi connectivity index (χ3v) is 3.97. The van der Waals surface area contributed by atoms with Crippen LogP contribution < -0.4 is 5.32 Å². The van der Waals surface area contributed by atoms with E-state index in [9.17, 15) is 14.9 Å². The van der Waals surface area contributed by atoms with Gasteiger partial charge in [0.1, 0.15) is 0 Å². The predicted octanol–water partition coefficient (Wildman–Crippen LogP) is 3.74. The van der Waals surface area contributed by atoms with Crippen molar-refractivity contribution in [2.24, 2.45) is 0 Å². The number of nitro benzene ring substituents is 1. The maximum atomic E-state index is 11.9. The van der Waals surface area contributed by atoms with Crippen molar-refractivity contribution in [1.82, 2.24) is 15.5 Å². The van der Waals surface area contributed by atoms with Crippen molar-refractivity contribution in [3.8, 4) is 11.4 Å². The number of carbonyl (C=O) groups is 1. The molecular formula is C18H13BrN4O4. The molecule has 0 saturated carbocycles. The fraction of sp³-hybridized carbons (Fsp3) is 0.0556. The summed E-state index contributed by atoms with van der Waals surface area (Å²) in [6.07, 6.45) is 2.77. The first kappa shape index (κ1) is 18.5. The molecule has 0 aliphatic heterocycles. The zero-order chi connectivity index (χ0) is 19.2. The molecule has 3 aromatic rings. The lowest BCUT2D eigenvalue weighted by atomic mass is 10.2. The molecule has 0 saturated heterocycles. The molecule has 0 spiro atoms. The average molecular weight is 429 g/mol. The van der Waals surface area contributed by atoms with Crippen molar-refractivity contribution in [1.29, 1.82) is 0 Å². The van der Waals surface area contributed by atoms with Crippen LogP contribution in [0.5, 0.6) is 0 Å². The second kappa shape index (κ2) is 8.37. The normalized spacial score (nSPS) is 10.9. The molecule has 0 radical (unpaired) electrons. The SMILES string of the molecule is O=C(/C=C/c1cccc([N+](=O)[O-])c1)NCc1nc(-c2cccc(Br)c2)no1. The number of rotatable bonds is 6. The molecule has 0 aliphatic carbocycles. The van der Waals surface area contributed by atoms with E-state index in [0.717, 1.165) is 10.0 Å². The van der Waals surface area contributed by atoms with Gasteiger partial charge in [0.15, 0.2) is 0 Å². The van der Waals surface area contributed by atoms with Gasteiger partial charge in [0.2, 0.25) is 17.6 Å². The van der Waals surface area contributed by atoms with E-state index < -0.39 is 4.92 Å². The molecule has 0 atom stereocenters. The first-order valence-corrected chi connectivity index (χ1v) is 8.59. The Labute approximate surface area is 162 Å². The van der Waals surface area contributed by atoms with Crippen molar-refractivity contribution in [2.75, 3.05) is 0 Å². The number of carbonyl (C=O) groups excluding carboxylic acids is 1. The third kappa shape index (κ3) is 5.08. The Morgan fingerprint density at radius 2 is 2.07 bits per heavy atom. The van der Waals surface area contributed by atoms with Gasteiger partial charge in [-0.05, 0) is 23.8 Å². The molecule has 0 aliphatic rings. The van der Waals surface area contributed by atoms with Crippen molar-refractivity contribution < 1.29 is 14.2 Å². The van der Waals surface area contributed by atoms with Crippen LogP contribution in [-0.2, 0) is 11.3 Å². The monoisotopic (exact) mass is 428 g/mol. The van der Waals surface area contributed by atoms with Gasteiger partial charge in [-0.25, -0.2) is 0 Å². The topological polar surface area (TPSA) is 111 Å². The van der Waals surface area contributed by atoms with Crippen LogP contribution in [0.15, 0.2) is 63.6 Å². The summed E-state index contributed by atoms with van der Waals surface area (Å²) >= 11 is 3.38. The predicted molar refractivity (Wildman–Crippen MR) is 101 cm³/mol. The van der Waals surface area contributed by atoms with E-state index in [4.69, 9.17) is 4.52 Å². The van der Waals surface area contributed by atoms with E-state index in [1.54, 1.807) is 12.1 Å². The van der Waals surface area contributed by atoms with Gasteiger partial charge in [-0.2, -0.15) is 4.98 Å². The molecule has 1 N–H and O–H groups in total. The largest absolute Gasteiger partial charge is 0.343 e. The maximum absolute atomic E-state index is 11.9. The number of nitrogens with zero attached hydrogens (tertiary/aromatic N) is 3. The maximum Gasteiger partial charge on any atom is 0.270 e. The highest BCUT2D eigenvalue weighted by molar-refractivity contribution is 9.10. The molecule has 9 heteroatoms. The second-order valence-electron chi connectivity index (χ2n) is 5.43. The van der Waals surface area contributed by atoms with E-state index in [0.29, 0.717) is 11.4 Å². The van der Waals surface area contributed by atoms with E-state index >= 15 is 0 Å². The highest BCUT2D eigenvalue weighted by atomic mass is 79.9. The fourth-order valence-electron chi connectivity index (χ4n) is 2.21.